The minimum Gasteiger partial charge on any atom is -0.478 e. The number of carboxylic acids is 1. The molecule has 0 heterocycles. The number of halogens is 1. The van der Waals surface area contributed by atoms with E-state index < -0.39 is 17.8 Å². The number of aromatic carboxylic acids is 1. The Hall–Kier alpha value is -3.71. The normalized spacial score (nSPS) is 10.9. The first-order valence-electron chi connectivity index (χ1n) is 8.91. The first-order valence-corrected chi connectivity index (χ1v) is 9.70. The van der Waals surface area contributed by atoms with Gasteiger partial charge in [0.2, 0.25) is 0 Å². The number of rotatable bonds is 6. The number of carboxylic acid groups (broad SMARTS) is 1. The molecule has 0 spiro atoms. The molecule has 0 saturated heterocycles. The minimum absolute atomic E-state index is 0.0164. The predicted molar refractivity (Wildman–Crippen MR) is 118 cm³/mol. The van der Waals surface area contributed by atoms with Crippen molar-refractivity contribution in [2.45, 2.75) is 0 Å². The minimum atomic E-state index is -1.10. The highest BCUT2D eigenvalue weighted by Gasteiger charge is 2.17. The van der Waals surface area contributed by atoms with E-state index in [-0.39, 0.29) is 11.3 Å². The lowest BCUT2D eigenvalue weighted by molar-refractivity contribution is -0.113. The van der Waals surface area contributed by atoms with Crippen molar-refractivity contribution in [1.29, 1.82) is 0 Å². The van der Waals surface area contributed by atoms with Gasteiger partial charge in [0.1, 0.15) is 5.70 Å². The van der Waals surface area contributed by atoms with Gasteiger partial charge < -0.3 is 15.7 Å². The lowest BCUT2D eigenvalue weighted by Crippen LogP contribution is -2.31. The van der Waals surface area contributed by atoms with Crippen LogP contribution in [0.5, 0.6) is 0 Å². The fourth-order valence-corrected chi connectivity index (χ4v) is 3.10. The quantitative estimate of drug-likeness (QED) is 0.466. The Morgan fingerprint density at radius 2 is 1.57 bits per heavy atom. The first kappa shape index (κ1) is 21.0. The summed E-state index contributed by atoms with van der Waals surface area (Å²) in [4.78, 5) is 36.8. The number of benzene rings is 3. The zero-order valence-corrected chi connectivity index (χ0v) is 17.2. The smallest absolute Gasteiger partial charge is 0.335 e. The highest BCUT2D eigenvalue weighted by atomic mass is 79.9. The van der Waals surface area contributed by atoms with Gasteiger partial charge >= 0.3 is 5.97 Å². The van der Waals surface area contributed by atoms with E-state index in [1.54, 1.807) is 48.5 Å². The Kier molecular flexibility index (Phi) is 6.77. The summed E-state index contributed by atoms with van der Waals surface area (Å²) in [5.41, 5.74) is 1.45. The van der Waals surface area contributed by atoms with Crippen molar-refractivity contribution in [2.75, 3.05) is 5.32 Å². The third-order valence-electron chi connectivity index (χ3n) is 4.09. The van der Waals surface area contributed by atoms with E-state index in [0.29, 0.717) is 15.7 Å². The molecular weight excluding hydrogens is 448 g/mol. The summed E-state index contributed by atoms with van der Waals surface area (Å²) in [6.45, 7) is 0. The number of hydrogen-bond acceptors (Lipinski definition) is 3. The van der Waals surface area contributed by atoms with Gasteiger partial charge in [0.15, 0.2) is 0 Å². The Bertz CT molecular complexity index is 1130. The van der Waals surface area contributed by atoms with Crippen LogP contribution in [0.15, 0.2) is 89.0 Å². The zero-order chi connectivity index (χ0) is 21.5. The molecule has 7 heteroatoms. The van der Waals surface area contributed by atoms with Crippen LogP contribution in [0.3, 0.4) is 0 Å². The summed E-state index contributed by atoms with van der Waals surface area (Å²) in [5.74, 6) is -2.14. The van der Waals surface area contributed by atoms with Crippen molar-refractivity contribution in [3.05, 3.63) is 106 Å². The fourth-order valence-electron chi connectivity index (χ4n) is 2.64. The van der Waals surface area contributed by atoms with Crippen molar-refractivity contribution in [2.24, 2.45) is 0 Å². The lowest BCUT2D eigenvalue weighted by Gasteiger charge is -2.12. The second-order valence-corrected chi connectivity index (χ2v) is 7.10. The van der Waals surface area contributed by atoms with Crippen LogP contribution in [-0.2, 0) is 4.79 Å². The van der Waals surface area contributed by atoms with Crippen LogP contribution in [0.4, 0.5) is 5.69 Å². The molecule has 6 nitrogen and oxygen atoms in total. The van der Waals surface area contributed by atoms with Crippen molar-refractivity contribution in [3.8, 4) is 0 Å². The molecule has 3 aromatic rings. The molecule has 3 rings (SSSR count). The van der Waals surface area contributed by atoms with Crippen LogP contribution in [0.1, 0.15) is 26.3 Å². The topological polar surface area (TPSA) is 95.5 Å². The SMILES string of the molecule is O=C(Nc1cccc(C(=O)O)c1)/C(=C/c1ccccc1)NC(=O)c1ccccc1Br. The molecule has 3 N–H and O–H groups in total. The Morgan fingerprint density at radius 1 is 0.867 bits per heavy atom. The van der Waals surface area contributed by atoms with E-state index >= 15 is 0 Å². The Morgan fingerprint density at radius 3 is 2.27 bits per heavy atom. The molecule has 0 aliphatic rings. The maximum Gasteiger partial charge on any atom is 0.335 e. The van der Waals surface area contributed by atoms with E-state index in [1.807, 2.05) is 18.2 Å². The van der Waals surface area contributed by atoms with Gasteiger partial charge in [-0.1, -0.05) is 48.5 Å². The maximum absolute atomic E-state index is 12.9. The summed E-state index contributed by atoms with van der Waals surface area (Å²) >= 11 is 3.33. The van der Waals surface area contributed by atoms with Gasteiger partial charge in [0, 0.05) is 10.2 Å². The first-order chi connectivity index (χ1) is 14.4. The number of anilines is 1. The average molecular weight is 465 g/mol. The summed E-state index contributed by atoms with van der Waals surface area (Å²) in [5, 5.41) is 14.4. The standard InChI is InChI=1S/C23H17BrN2O4/c24-19-12-5-4-11-18(19)21(27)26-20(13-15-7-2-1-3-8-15)22(28)25-17-10-6-9-16(14-17)23(29)30/h1-14H,(H,25,28)(H,26,27)(H,29,30)/b20-13-. The summed E-state index contributed by atoms with van der Waals surface area (Å²) in [7, 11) is 0. The zero-order valence-electron chi connectivity index (χ0n) is 15.6. The molecule has 0 aliphatic carbocycles. The molecule has 0 bridgehead atoms. The predicted octanol–water partition coefficient (Wildman–Crippen LogP) is 4.56. The van der Waals surface area contributed by atoms with Crippen LogP contribution < -0.4 is 10.6 Å². The number of carbonyl (C=O) groups is 3. The van der Waals surface area contributed by atoms with Gasteiger partial charge in [0.25, 0.3) is 11.8 Å². The molecule has 3 aromatic carbocycles. The third kappa shape index (κ3) is 5.42. The van der Waals surface area contributed by atoms with E-state index in [2.05, 4.69) is 26.6 Å². The number of carbonyl (C=O) groups excluding carboxylic acids is 2. The average Bonchev–Trinajstić information content (AvgIpc) is 2.74. The van der Waals surface area contributed by atoms with Crippen LogP contribution in [0.2, 0.25) is 0 Å². The van der Waals surface area contributed by atoms with E-state index in [0.717, 1.165) is 5.56 Å². The highest BCUT2D eigenvalue weighted by Crippen LogP contribution is 2.17. The Labute approximate surface area is 181 Å². The molecule has 0 fully saturated rings. The Balaban J connectivity index is 1.89. The van der Waals surface area contributed by atoms with Crippen molar-refractivity contribution < 1.29 is 19.5 Å². The molecule has 0 unspecified atom stereocenters. The van der Waals surface area contributed by atoms with Gasteiger partial charge in [-0.05, 0) is 57.9 Å². The fraction of sp³-hybridized carbons (Fsp3) is 0. The molecule has 30 heavy (non-hydrogen) atoms. The molecule has 0 radical (unpaired) electrons. The number of hydrogen-bond donors (Lipinski definition) is 3. The van der Waals surface area contributed by atoms with Gasteiger partial charge in [-0.25, -0.2) is 4.79 Å². The van der Waals surface area contributed by atoms with Crippen molar-refractivity contribution in [3.63, 3.8) is 0 Å². The maximum atomic E-state index is 12.9. The number of nitrogens with one attached hydrogen (secondary N) is 2. The molecular formula is C23H17BrN2O4. The summed E-state index contributed by atoms with van der Waals surface area (Å²) < 4.78 is 0.594. The number of amides is 2. The third-order valence-corrected chi connectivity index (χ3v) is 4.78. The second-order valence-electron chi connectivity index (χ2n) is 6.24. The molecule has 0 atom stereocenters. The van der Waals surface area contributed by atoms with Gasteiger partial charge in [-0.2, -0.15) is 0 Å². The van der Waals surface area contributed by atoms with E-state index in [9.17, 15) is 14.4 Å². The summed E-state index contributed by atoms with van der Waals surface area (Å²) in [6, 6.07) is 21.8. The van der Waals surface area contributed by atoms with Crippen molar-refractivity contribution in [1.82, 2.24) is 5.32 Å². The molecule has 0 aliphatic heterocycles. The van der Waals surface area contributed by atoms with Crippen LogP contribution >= 0.6 is 15.9 Å². The second kappa shape index (κ2) is 9.67. The molecule has 0 aromatic heterocycles. The monoisotopic (exact) mass is 464 g/mol. The molecule has 0 saturated carbocycles. The van der Waals surface area contributed by atoms with Crippen LogP contribution in [0, 0.1) is 0 Å². The molecule has 150 valence electrons. The van der Waals surface area contributed by atoms with E-state index in [1.165, 1.54) is 18.2 Å². The largest absolute Gasteiger partial charge is 0.478 e. The highest BCUT2D eigenvalue weighted by molar-refractivity contribution is 9.10. The van der Waals surface area contributed by atoms with Gasteiger partial charge in [0.05, 0.1) is 11.1 Å². The van der Waals surface area contributed by atoms with Crippen molar-refractivity contribution >= 4 is 45.5 Å². The van der Waals surface area contributed by atoms with Crippen LogP contribution in [-0.4, -0.2) is 22.9 Å². The van der Waals surface area contributed by atoms with Crippen LogP contribution in [0.25, 0.3) is 6.08 Å². The lowest BCUT2D eigenvalue weighted by atomic mass is 10.1. The summed E-state index contributed by atoms with van der Waals surface area (Å²) in [6.07, 6.45) is 1.55. The van der Waals surface area contributed by atoms with Gasteiger partial charge in [-0.15, -0.1) is 0 Å². The molecule has 2 amide bonds. The van der Waals surface area contributed by atoms with Gasteiger partial charge in [-0.3, -0.25) is 9.59 Å². The van der Waals surface area contributed by atoms with E-state index in [4.69, 9.17) is 5.11 Å².